The summed E-state index contributed by atoms with van der Waals surface area (Å²) in [6, 6.07) is 11.9. The van der Waals surface area contributed by atoms with E-state index in [9.17, 15) is 4.79 Å². The van der Waals surface area contributed by atoms with Gasteiger partial charge in [-0.1, -0.05) is 35.3 Å². The Kier molecular flexibility index (Phi) is 4.66. The van der Waals surface area contributed by atoms with Crippen molar-refractivity contribution >= 4 is 35.2 Å². The maximum absolute atomic E-state index is 10.5. The molecule has 5 heteroatoms. The molecule has 0 aliphatic rings. The minimum Gasteiger partial charge on any atom is -0.478 e. The van der Waals surface area contributed by atoms with E-state index in [2.05, 4.69) is 0 Å². The molecular formula is C15H10Cl2O3. The first-order chi connectivity index (χ1) is 9.52. The van der Waals surface area contributed by atoms with E-state index < -0.39 is 5.97 Å². The molecule has 0 aliphatic heterocycles. The predicted octanol–water partition coefficient (Wildman–Crippen LogP) is 4.88. The largest absolute Gasteiger partial charge is 0.478 e. The van der Waals surface area contributed by atoms with Gasteiger partial charge in [-0.3, -0.25) is 0 Å². The van der Waals surface area contributed by atoms with Crippen LogP contribution in [0.25, 0.3) is 6.08 Å². The third-order valence-electron chi connectivity index (χ3n) is 2.35. The molecule has 0 atom stereocenters. The van der Waals surface area contributed by atoms with Crippen molar-refractivity contribution in [3.63, 3.8) is 0 Å². The van der Waals surface area contributed by atoms with Gasteiger partial charge in [-0.15, -0.1) is 0 Å². The summed E-state index contributed by atoms with van der Waals surface area (Å²) in [5.74, 6) is 0.0793. The molecule has 0 aromatic heterocycles. The van der Waals surface area contributed by atoms with Gasteiger partial charge in [-0.25, -0.2) is 4.79 Å². The number of ether oxygens (including phenoxy) is 1. The summed E-state index contributed by atoms with van der Waals surface area (Å²) in [5, 5.41) is 9.55. The lowest BCUT2D eigenvalue weighted by atomic mass is 10.2. The topological polar surface area (TPSA) is 46.5 Å². The first kappa shape index (κ1) is 14.4. The molecule has 0 heterocycles. The molecule has 2 aromatic carbocycles. The van der Waals surface area contributed by atoms with E-state index in [4.69, 9.17) is 33.0 Å². The minimum atomic E-state index is -1.00. The van der Waals surface area contributed by atoms with Crippen LogP contribution in [0.15, 0.2) is 48.5 Å². The van der Waals surface area contributed by atoms with Crippen molar-refractivity contribution in [3.8, 4) is 11.5 Å². The highest BCUT2D eigenvalue weighted by Gasteiger charge is 2.02. The van der Waals surface area contributed by atoms with Gasteiger partial charge in [0.2, 0.25) is 0 Å². The third-order valence-corrected chi connectivity index (χ3v) is 2.78. The maximum Gasteiger partial charge on any atom is 0.328 e. The molecule has 0 saturated heterocycles. The average molecular weight is 309 g/mol. The fourth-order valence-corrected chi connectivity index (χ4v) is 2.08. The van der Waals surface area contributed by atoms with Gasteiger partial charge in [0.25, 0.3) is 0 Å². The number of hydrogen-bond acceptors (Lipinski definition) is 2. The number of carboxylic acids is 1. The van der Waals surface area contributed by atoms with Crippen LogP contribution in [0.5, 0.6) is 11.5 Å². The molecule has 0 spiro atoms. The summed E-state index contributed by atoms with van der Waals surface area (Å²) < 4.78 is 5.64. The predicted molar refractivity (Wildman–Crippen MR) is 79.6 cm³/mol. The maximum atomic E-state index is 10.5. The normalized spacial score (nSPS) is 10.7. The lowest BCUT2D eigenvalue weighted by molar-refractivity contribution is -0.131. The summed E-state index contributed by atoms with van der Waals surface area (Å²) in [5.41, 5.74) is 0.720. The van der Waals surface area contributed by atoms with E-state index in [1.165, 1.54) is 6.08 Å². The molecule has 102 valence electrons. The zero-order chi connectivity index (χ0) is 14.5. The number of benzene rings is 2. The zero-order valence-corrected chi connectivity index (χ0v) is 11.7. The van der Waals surface area contributed by atoms with Crippen LogP contribution in [0.2, 0.25) is 10.0 Å². The first-order valence-electron chi connectivity index (χ1n) is 5.68. The van der Waals surface area contributed by atoms with Crippen molar-refractivity contribution in [1.29, 1.82) is 0 Å². The van der Waals surface area contributed by atoms with Crippen molar-refractivity contribution in [2.75, 3.05) is 0 Å². The Morgan fingerprint density at radius 3 is 2.40 bits per heavy atom. The molecular weight excluding hydrogens is 299 g/mol. The lowest BCUT2D eigenvalue weighted by Gasteiger charge is -2.07. The average Bonchev–Trinajstić information content (AvgIpc) is 2.35. The van der Waals surface area contributed by atoms with E-state index >= 15 is 0 Å². The molecule has 2 rings (SSSR count). The van der Waals surface area contributed by atoms with Crippen LogP contribution in [0.4, 0.5) is 0 Å². The number of carboxylic acid groups (broad SMARTS) is 1. The number of carbonyl (C=O) groups is 1. The molecule has 2 aromatic rings. The van der Waals surface area contributed by atoms with Gasteiger partial charge < -0.3 is 9.84 Å². The Bertz CT molecular complexity index is 646. The molecule has 3 nitrogen and oxygen atoms in total. The van der Waals surface area contributed by atoms with Gasteiger partial charge in [0.15, 0.2) is 0 Å². The number of rotatable bonds is 4. The second-order valence-electron chi connectivity index (χ2n) is 3.95. The Morgan fingerprint density at radius 1 is 1.05 bits per heavy atom. The van der Waals surface area contributed by atoms with Crippen LogP contribution in [-0.4, -0.2) is 11.1 Å². The van der Waals surface area contributed by atoms with Crippen LogP contribution in [0.3, 0.4) is 0 Å². The number of hydrogen-bond donors (Lipinski definition) is 1. The van der Waals surface area contributed by atoms with Crippen molar-refractivity contribution in [2.45, 2.75) is 0 Å². The van der Waals surface area contributed by atoms with E-state index in [0.29, 0.717) is 21.5 Å². The van der Waals surface area contributed by atoms with Crippen LogP contribution in [-0.2, 0) is 4.79 Å². The number of aliphatic carboxylic acids is 1. The summed E-state index contributed by atoms with van der Waals surface area (Å²) in [7, 11) is 0. The Morgan fingerprint density at radius 2 is 1.75 bits per heavy atom. The summed E-state index contributed by atoms with van der Waals surface area (Å²) in [6.07, 6.45) is 2.55. The second kappa shape index (κ2) is 6.46. The molecule has 0 radical (unpaired) electrons. The standard InChI is InChI=1S/C15H10Cl2O3/c16-11-7-12(17)9-14(8-11)20-13-3-1-2-10(6-13)4-5-15(18)19/h1-9H,(H,18,19). The van der Waals surface area contributed by atoms with Gasteiger partial charge in [0, 0.05) is 16.1 Å². The van der Waals surface area contributed by atoms with Gasteiger partial charge >= 0.3 is 5.97 Å². The highest BCUT2D eigenvalue weighted by molar-refractivity contribution is 6.34. The Balaban J connectivity index is 2.21. The molecule has 0 amide bonds. The Labute approximate surface area is 126 Å². The van der Waals surface area contributed by atoms with Crippen molar-refractivity contribution in [2.24, 2.45) is 0 Å². The molecule has 0 unspecified atom stereocenters. The molecule has 0 fully saturated rings. The van der Waals surface area contributed by atoms with Gasteiger partial charge in [-0.05, 0) is 42.0 Å². The highest BCUT2D eigenvalue weighted by Crippen LogP contribution is 2.28. The fraction of sp³-hybridized carbons (Fsp3) is 0. The summed E-state index contributed by atoms with van der Waals surface area (Å²) >= 11 is 11.8. The molecule has 20 heavy (non-hydrogen) atoms. The van der Waals surface area contributed by atoms with Crippen LogP contribution in [0, 0.1) is 0 Å². The van der Waals surface area contributed by atoms with Crippen LogP contribution < -0.4 is 4.74 Å². The molecule has 0 saturated carbocycles. The van der Waals surface area contributed by atoms with Gasteiger partial charge in [-0.2, -0.15) is 0 Å². The van der Waals surface area contributed by atoms with E-state index in [0.717, 1.165) is 11.6 Å². The second-order valence-corrected chi connectivity index (χ2v) is 4.82. The van der Waals surface area contributed by atoms with Crippen LogP contribution >= 0.6 is 23.2 Å². The SMILES string of the molecule is O=C(O)C=Cc1cccc(Oc2cc(Cl)cc(Cl)c2)c1. The lowest BCUT2D eigenvalue weighted by Crippen LogP contribution is -1.87. The highest BCUT2D eigenvalue weighted by atomic mass is 35.5. The summed E-state index contributed by atoms with van der Waals surface area (Å²) in [6.45, 7) is 0. The van der Waals surface area contributed by atoms with Gasteiger partial charge in [0.1, 0.15) is 11.5 Å². The smallest absolute Gasteiger partial charge is 0.328 e. The van der Waals surface area contributed by atoms with Crippen molar-refractivity contribution in [1.82, 2.24) is 0 Å². The number of halogens is 2. The Hall–Kier alpha value is -1.97. The molecule has 1 N–H and O–H groups in total. The summed E-state index contributed by atoms with van der Waals surface area (Å²) in [4.78, 5) is 10.5. The monoisotopic (exact) mass is 308 g/mol. The van der Waals surface area contributed by atoms with Gasteiger partial charge in [0.05, 0.1) is 0 Å². The first-order valence-corrected chi connectivity index (χ1v) is 6.43. The minimum absolute atomic E-state index is 0.481. The van der Waals surface area contributed by atoms with E-state index in [1.54, 1.807) is 42.5 Å². The van der Waals surface area contributed by atoms with Crippen LogP contribution in [0.1, 0.15) is 5.56 Å². The molecule has 0 bridgehead atoms. The molecule has 0 aliphatic carbocycles. The van der Waals surface area contributed by atoms with Crippen molar-refractivity contribution in [3.05, 3.63) is 64.1 Å². The zero-order valence-electron chi connectivity index (χ0n) is 10.2. The van der Waals surface area contributed by atoms with E-state index in [1.807, 2.05) is 0 Å². The third kappa shape index (κ3) is 4.30. The quantitative estimate of drug-likeness (QED) is 0.818. The van der Waals surface area contributed by atoms with E-state index in [-0.39, 0.29) is 0 Å². The van der Waals surface area contributed by atoms with Crippen molar-refractivity contribution < 1.29 is 14.6 Å². The fourth-order valence-electron chi connectivity index (χ4n) is 1.57.